The highest BCUT2D eigenvalue weighted by Gasteiger charge is 2.21. The number of ether oxygens (including phenoxy) is 1. The van der Waals surface area contributed by atoms with Crippen molar-refractivity contribution in [2.24, 2.45) is 0 Å². The summed E-state index contributed by atoms with van der Waals surface area (Å²) < 4.78 is 27.0. The van der Waals surface area contributed by atoms with Gasteiger partial charge in [-0.2, -0.15) is 0 Å². The molecule has 90 valence electrons. The van der Waals surface area contributed by atoms with Gasteiger partial charge in [-0.15, -0.1) is 11.3 Å². The normalized spacial score (nSPS) is 12.5. The van der Waals surface area contributed by atoms with Gasteiger partial charge in [-0.1, -0.05) is 0 Å². The average Bonchev–Trinajstić information content (AvgIpc) is 2.46. The lowest BCUT2D eigenvalue weighted by Gasteiger charge is -2.18. The fourth-order valence-corrected chi connectivity index (χ4v) is 2.82. The number of hydrogen-bond donors (Lipinski definition) is 0. The van der Waals surface area contributed by atoms with Gasteiger partial charge < -0.3 is 4.74 Å². The molecule has 0 aliphatic heterocycles. The van der Waals surface area contributed by atoms with Gasteiger partial charge in [0.25, 0.3) is 9.05 Å². The van der Waals surface area contributed by atoms with Crippen molar-refractivity contribution < 1.29 is 17.9 Å². The van der Waals surface area contributed by atoms with Crippen molar-refractivity contribution in [1.29, 1.82) is 0 Å². The second-order valence-electron chi connectivity index (χ2n) is 4.09. The highest BCUT2D eigenvalue weighted by atomic mass is 35.7. The van der Waals surface area contributed by atoms with Crippen LogP contribution in [0.2, 0.25) is 0 Å². The number of rotatable bonds is 2. The number of carbonyl (C=O) groups is 1. The molecular weight excluding hydrogens is 272 g/mol. The van der Waals surface area contributed by atoms with E-state index in [1.165, 1.54) is 11.4 Å². The molecule has 0 saturated carbocycles. The highest BCUT2D eigenvalue weighted by Crippen LogP contribution is 2.25. The molecule has 7 heteroatoms. The van der Waals surface area contributed by atoms with Gasteiger partial charge in [-0.3, -0.25) is 0 Å². The van der Waals surface area contributed by atoms with E-state index in [-0.39, 0.29) is 9.77 Å². The fourth-order valence-electron chi connectivity index (χ4n) is 0.888. The molecule has 1 rings (SSSR count). The second kappa shape index (κ2) is 4.35. The van der Waals surface area contributed by atoms with Gasteiger partial charge in [0.2, 0.25) is 0 Å². The SMILES string of the molecule is CC(C)(C)OC(=O)c1csc(S(=O)(=O)Cl)c1. The summed E-state index contributed by atoms with van der Waals surface area (Å²) >= 11 is 0.890. The summed E-state index contributed by atoms with van der Waals surface area (Å²) in [6.45, 7) is 5.20. The smallest absolute Gasteiger partial charge is 0.339 e. The van der Waals surface area contributed by atoms with Gasteiger partial charge in [-0.25, -0.2) is 13.2 Å². The van der Waals surface area contributed by atoms with Crippen LogP contribution >= 0.6 is 22.0 Å². The summed E-state index contributed by atoms with van der Waals surface area (Å²) in [5, 5.41) is 1.41. The van der Waals surface area contributed by atoms with Crippen LogP contribution in [0.15, 0.2) is 15.7 Å². The Morgan fingerprint density at radius 2 is 2.00 bits per heavy atom. The molecule has 0 N–H and O–H groups in total. The van der Waals surface area contributed by atoms with E-state index in [0.29, 0.717) is 0 Å². The molecule has 0 saturated heterocycles. The predicted molar refractivity (Wildman–Crippen MR) is 62.5 cm³/mol. The van der Waals surface area contributed by atoms with Crippen molar-refractivity contribution in [3.8, 4) is 0 Å². The van der Waals surface area contributed by atoms with Gasteiger partial charge in [0.15, 0.2) is 0 Å². The van der Waals surface area contributed by atoms with Crippen molar-refractivity contribution >= 4 is 37.0 Å². The second-order valence-corrected chi connectivity index (χ2v) is 7.80. The van der Waals surface area contributed by atoms with Crippen molar-refractivity contribution in [2.75, 3.05) is 0 Å². The summed E-state index contributed by atoms with van der Waals surface area (Å²) in [5.74, 6) is -0.560. The molecule has 0 fully saturated rings. The molecule has 16 heavy (non-hydrogen) atoms. The Labute approximate surface area is 103 Å². The van der Waals surface area contributed by atoms with Crippen LogP contribution in [0.1, 0.15) is 31.1 Å². The van der Waals surface area contributed by atoms with E-state index >= 15 is 0 Å². The molecule has 0 amide bonds. The molecule has 0 aromatic carbocycles. The lowest BCUT2D eigenvalue weighted by Crippen LogP contribution is -2.23. The lowest BCUT2D eigenvalue weighted by molar-refractivity contribution is 0.00700. The predicted octanol–water partition coefficient (Wildman–Crippen LogP) is 2.63. The molecule has 0 atom stereocenters. The Hall–Kier alpha value is -0.590. The third-order valence-electron chi connectivity index (χ3n) is 1.45. The molecule has 0 aliphatic carbocycles. The van der Waals surface area contributed by atoms with Gasteiger partial charge in [0.05, 0.1) is 5.56 Å². The van der Waals surface area contributed by atoms with E-state index < -0.39 is 20.6 Å². The first kappa shape index (κ1) is 13.5. The Kier molecular flexibility index (Phi) is 3.66. The third-order valence-corrected chi connectivity index (χ3v) is 4.49. The molecule has 0 unspecified atom stereocenters. The van der Waals surface area contributed by atoms with Gasteiger partial charge >= 0.3 is 5.97 Å². The Morgan fingerprint density at radius 1 is 1.44 bits per heavy atom. The minimum Gasteiger partial charge on any atom is -0.456 e. The number of carbonyl (C=O) groups excluding carboxylic acids is 1. The molecule has 0 bridgehead atoms. The van der Waals surface area contributed by atoms with Gasteiger partial charge in [-0.05, 0) is 26.8 Å². The number of thiophene rings is 1. The first-order chi connectivity index (χ1) is 7.09. The summed E-state index contributed by atoms with van der Waals surface area (Å²) in [6.07, 6.45) is 0. The zero-order valence-corrected chi connectivity index (χ0v) is 11.4. The average molecular weight is 283 g/mol. The lowest BCUT2D eigenvalue weighted by atomic mass is 10.2. The van der Waals surface area contributed by atoms with Crippen LogP contribution in [-0.2, 0) is 13.8 Å². The van der Waals surface area contributed by atoms with Crippen molar-refractivity contribution in [3.63, 3.8) is 0 Å². The van der Waals surface area contributed by atoms with Crippen LogP contribution in [0.5, 0.6) is 0 Å². The van der Waals surface area contributed by atoms with Crippen LogP contribution in [0.25, 0.3) is 0 Å². The topological polar surface area (TPSA) is 60.4 Å². The molecule has 1 aromatic heterocycles. The van der Waals surface area contributed by atoms with Crippen LogP contribution in [0, 0.1) is 0 Å². The van der Waals surface area contributed by atoms with E-state index in [0.717, 1.165) is 11.3 Å². The monoisotopic (exact) mass is 282 g/mol. The van der Waals surface area contributed by atoms with Crippen LogP contribution in [-0.4, -0.2) is 20.0 Å². The highest BCUT2D eigenvalue weighted by molar-refractivity contribution is 8.15. The minimum atomic E-state index is -3.78. The summed E-state index contributed by atoms with van der Waals surface area (Å²) in [4.78, 5) is 11.5. The van der Waals surface area contributed by atoms with E-state index in [9.17, 15) is 13.2 Å². The van der Waals surface area contributed by atoms with Crippen molar-refractivity contribution in [1.82, 2.24) is 0 Å². The first-order valence-electron chi connectivity index (χ1n) is 4.36. The molecule has 0 spiro atoms. The summed E-state index contributed by atoms with van der Waals surface area (Å²) in [5.41, 5.74) is -0.418. The molecular formula is C9H11ClO4S2. The Bertz CT molecular complexity index is 496. The maximum atomic E-state index is 11.5. The van der Waals surface area contributed by atoms with E-state index in [2.05, 4.69) is 0 Å². The summed E-state index contributed by atoms with van der Waals surface area (Å²) in [7, 11) is 1.36. The zero-order valence-electron chi connectivity index (χ0n) is 8.98. The molecule has 1 heterocycles. The Morgan fingerprint density at radius 3 is 2.38 bits per heavy atom. The molecule has 0 radical (unpaired) electrons. The van der Waals surface area contributed by atoms with Crippen LogP contribution in [0.4, 0.5) is 0 Å². The number of halogens is 1. The molecule has 0 aliphatic rings. The minimum absolute atomic E-state index is 0.0602. The third kappa shape index (κ3) is 3.77. The number of esters is 1. The quantitative estimate of drug-likeness (QED) is 0.618. The number of hydrogen-bond acceptors (Lipinski definition) is 5. The van der Waals surface area contributed by atoms with Crippen LogP contribution in [0.3, 0.4) is 0 Å². The molecule has 1 aromatic rings. The maximum absolute atomic E-state index is 11.5. The van der Waals surface area contributed by atoms with E-state index in [1.54, 1.807) is 20.8 Å². The largest absolute Gasteiger partial charge is 0.456 e. The van der Waals surface area contributed by atoms with Gasteiger partial charge in [0, 0.05) is 16.1 Å². The standard InChI is InChI=1S/C9H11ClO4S2/c1-9(2,3)14-8(11)6-4-7(15-5-6)16(10,12)13/h4-5H,1-3H3. The fraction of sp³-hybridized carbons (Fsp3) is 0.444. The van der Waals surface area contributed by atoms with E-state index in [4.69, 9.17) is 15.4 Å². The van der Waals surface area contributed by atoms with Gasteiger partial charge in [0.1, 0.15) is 9.81 Å². The van der Waals surface area contributed by atoms with E-state index in [1.807, 2.05) is 0 Å². The van der Waals surface area contributed by atoms with Crippen molar-refractivity contribution in [3.05, 3.63) is 17.0 Å². The molecule has 4 nitrogen and oxygen atoms in total. The summed E-state index contributed by atoms with van der Waals surface area (Å²) in [6, 6.07) is 1.21. The van der Waals surface area contributed by atoms with Crippen LogP contribution < -0.4 is 0 Å². The first-order valence-corrected chi connectivity index (χ1v) is 7.55. The Balaban J connectivity index is 2.92. The zero-order chi connectivity index (χ0) is 12.6. The van der Waals surface area contributed by atoms with Crippen molar-refractivity contribution in [2.45, 2.75) is 30.6 Å². The maximum Gasteiger partial charge on any atom is 0.339 e.